The summed E-state index contributed by atoms with van der Waals surface area (Å²) < 4.78 is 1.68. The summed E-state index contributed by atoms with van der Waals surface area (Å²) in [5, 5.41) is 7.38. The van der Waals surface area contributed by atoms with Gasteiger partial charge in [0.25, 0.3) is 0 Å². The number of halogens is 1. The first kappa shape index (κ1) is 14.0. The van der Waals surface area contributed by atoms with Gasteiger partial charge in [-0.25, -0.2) is 0 Å². The second-order valence-corrected chi connectivity index (χ2v) is 4.40. The van der Waals surface area contributed by atoms with Crippen LogP contribution in [0.25, 0.3) is 0 Å². The number of hydrogen-bond donors (Lipinski definition) is 2. The van der Waals surface area contributed by atoms with E-state index in [-0.39, 0.29) is 5.91 Å². The quantitative estimate of drug-likeness (QED) is 0.771. The van der Waals surface area contributed by atoms with Crippen molar-refractivity contribution >= 4 is 17.5 Å². The lowest BCUT2D eigenvalue weighted by Gasteiger charge is -2.11. The number of nitrogens with one attached hydrogen (secondary N) is 1. The molecular formula is C11H19ClN4O. The van der Waals surface area contributed by atoms with Gasteiger partial charge in [0.05, 0.1) is 23.8 Å². The first-order valence-corrected chi connectivity index (χ1v) is 6.22. The summed E-state index contributed by atoms with van der Waals surface area (Å²) >= 11 is 5.72. The fourth-order valence-electron chi connectivity index (χ4n) is 1.44. The third-order valence-electron chi connectivity index (χ3n) is 2.45. The number of nitrogens with zero attached hydrogens (tertiary/aromatic N) is 2. The van der Waals surface area contributed by atoms with E-state index in [9.17, 15) is 4.79 Å². The molecule has 0 aliphatic heterocycles. The third kappa shape index (κ3) is 5.19. The van der Waals surface area contributed by atoms with E-state index < -0.39 is 6.04 Å². The van der Waals surface area contributed by atoms with Gasteiger partial charge in [-0.2, -0.15) is 5.10 Å². The van der Waals surface area contributed by atoms with Gasteiger partial charge in [0.15, 0.2) is 0 Å². The molecule has 17 heavy (non-hydrogen) atoms. The van der Waals surface area contributed by atoms with Gasteiger partial charge in [0, 0.05) is 12.7 Å². The molecular weight excluding hydrogens is 240 g/mol. The van der Waals surface area contributed by atoms with Crippen LogP contribution in [0.15, 0.2) is 12.4 Å². The molecule has 1 atom stereocenters. The molecule has 0 aromatic carbocycles. The van der Waals surface area contributed by atoms with Crippen LogP contribution in [0.5, 0.6) is 0 Å². The number of amides is 1. The third-order valence-corrected chi connectivity index (χ3v) is 2.64. The Morgan fingerprint density at radius 3 is 3.06 bits per heavy atom. The molecule has 0 bridgehead atoms. The minimum Gasteiger partial charge on any atom is -0.353 e. The fourth-order valence-corrected chi connectivity index (χ4v) is 1.60. The maximum atomic E-state index is 11.6. The van der Waals surface area contributed by atoms with Crippen LogP contribution in [0.3, 0.4) is 0 Å². The Bertz CT molecular complexity index is 353. The van der Waals surface area contributed by atoms with Crippen molar-refractivity contribution in [2.45, 2.75) is 38.8 Å². The van der Waals surface area contributed by atoms with Crippen LogP contribution in [-0.2, 0) is 11.3 Å². The molecule has 1 amide bonds. The Balaban J connectivity index is 2.19. The molecule has 5 nitrogen and oxygen atoms in total. The zero-order chi connectivity index (χ0) is 12.7. The number of rotatable bonds is 7. The van der Waals surface area contributed by atoms with E-state index in [4.69, 9.17) is 17.3 Å². The second-order valence-electron chi connectivity index (χ2n) is 3.96. The van der Waals surface area contributed by atoms with Gasteiger partial charge in [-0.1, -0.05) is 31.4 Å². The van der Waals surface area contributed by atoms with Crippen LogP contribution in [0, 0.1) is 0 Å². The minimum absolute atomic E-state index is 0.100. The number of carbonyl (C=O) groups excluding carboxylic acids is 1. The molecule has 3 N–H and O–H groups in total. The van der Waals surface area contributed by atoms with Crippen molar-refractivity contribution in [1.82, 2.24) is 15.1 Å². The summed E-state index contributed by atoms with van der Waals surface area (Å²) in [5.74, 6) is -0.100. The van der Waals surface area contributed by atoms with Gasteiger partial charge in [0.1, 0.15) is 0 Å². The number of nitrogens with two attached hydrogens (primary N) is 1. The summed E-state index contributed by atoms with van der Waals surface area (Å²) in [5.41, 5.74) is 5.73. The van der Waals surface area contributed by atoms with Crippen molar-refractivity contribution in [2.75, 3.05) is 6.54 Å². The van der Waals surface area contributed by atoms with Crippen LogP contribution >= 0.6 is 11.6 Å². The normalized spacial score (nSPS) is 12.4. The molecule has 1 heterocycles. The molecule has 0 saturated heterocycles. The number of carbonyl (C=O) groups is 1. The van der Waals surface area contributed by atoms with E-state index in [0.29, 0.717) is 18.1 Å². The highest BCUT2D eigenvalue weighted by atomic mass is 35.5. The Morgan fingerprint density at radius 1 is 1.71 bits per heavy atom. The predicted octanol–water partition coefficient (Wildman–Crippen LogP) is 1.17. The monoisotopic (exact) mass is 258 g/mol. The molecule has 1 aromatic rings. The van der Waals surface area contributed by atoms with E-state index >= 15 is 0 Å². The molecule has 0 spiro atoms. The average molecular weight is 259 g/mol. The Labute approximate surface area is 106 Å². The first-order valence-electron chi connectivity index (χ1n) is 5.84. The maximum absolute atomic E-state index is 11.6. The Morgan fingerprint density at radius 2 is 2.47 bits per heavy atom. The Kier molecular flexibility index (Phi) is 6.00. The van der Waals surface area contributed by atoms with E-state index in [1.54, 1.807) is 17.1 Å². The van der Waals surface area contributed by atoms with E-state index in [0.717, 1.165) is 19.3 Å². The van der Waals surface area contributed by atoms with Gasteiger partial charge < -0.3 is 11.1 Å². The first-order chi connectivity index (χ1) is 8.13. The van der Waals surface area contributed by atoms with E-state index in [1.165, 1.54) is 0 Å². The predicted molar refractivity (Wildman–Crippen MR) is 67.7 cm³/mol. The summed E-state index contributed by atoms with van der Waals surface area (Å²) in [4.78, 5) is 11.6. The largest absolute Gasteiger partial charge is 0.353 e. The molecule has 0 saturated carbocycles. The SMILES string of the molecule is CCCC[C@H](N)C(=O)NCCn1cc(Cl)cn1. The van der Waals surface area contributed by atoms with Gasteiger partial charge >= 0.3 is 0 Å². The zero-order valence-corrected chi connectivity index (χ0v) is 10.8. The fraction of sp³-hybridized carbons (Fsp3) is 0.636. The van der Waals surface area contributed by atoms with Gasteiger partial charge in [0.2, 0.25) is 5.91 Å². The number of unbranched alkanes of at least 4 members (excludes halogenated alkanes) is 1. The Hall–Kier alpha value is -1.07. The summed E-state index contributed by atoms with van der Waals surface area (Å²) in [6, 6.07) is -0.406. The standard InChI is InChI=1S/C11H19ClN4O/c1-2-3-4-10(13)11(17)14-5-6-16-8-9(12)7-15-16/h7-8,10H,2-6,13H2,1H3,(H,14,17)/t10-/m0/s1. The van der Waals surface area contributed by atoms with E-state index in [1.807, 2.05) is 0 Å². The minimum atomic E-state index is -0.406. The van der Waals surface area contributed by atoms with Crippen LogP contribution in [0.4, 0.5) is 0 Å². The molecule has 1 rings (SSSR count). The average Bonchev–Trinajstić information content (AvgIpc) is 2.71. The lowest BCUT2D eigenvalue weighted by molar-refractivity contribution is -0.122. The molecule has 0 fully saturated rings. The molecule has 0 unspecified atom stereocenters. The summed E-state index contributed by atoms with van der Waals surface area (Å²) in [7, 11) is 0. The molecule has 1 aromatic heterocycles. The van der Waals surface area contributed by atoms with Crippen LogP contribution < -0.4 is 11.1 Å². The number of aromatic nitrogens is 2. The van der Waals surface area contributed by atoms with E-state index in [2.05, 4.69) is 17.3 Å². The van der Waals surface area contributed by atoms with Crippen molar-refractivity contribution < 1.29 is 4.79 Å². The lowest BCUT2D eigenvalue weighted by atomic mass is 10.1. The van der Waals surface area contributed by atoms with Crippen LogP contribution in [0.1, 0.15) is 26.2 Å². The van der Waals surface area contributed by atoms with Crippen molar-refractivity contribution in [3.8, 4) is 0 Å². The summed E-state index contributed by atoms with van der Waals surface area (Å²) in [6.45, 7) is 3.18. The van der Waals surface area contributed by atoms with Gasteiger partial charge in [-0.15, -0.1) is 0 Å². The topological polar surface area (TPSA) is 72.9 Å². The second kappa shape index (κ2) is 7.29. The number of hydrogen-bond acceptors (Lipinski definition) is 3. The molecule has 0 aliphatic carbocycles. The molecule has 0 aliphatic rings. The van der Waals surface area contributed by atoms with Crippen molar-refractivity contribution in [3.63, 3.8) is 0 Å². The van der Waals surface area contributed by atoms with Gasteiger partial charge in [-0.3, -0.25) is 9.48 Å². The lowest BCUT2D eigenvalue weighted by Crippen LogP contribution is -2.41. The van der Waals surface area contributed by atoms with Crippen LogP contribution in [0.2, 0.25) is 5.02 Å². The highest BCUT2D eigenvalue weighted by Crippen LogP contribution is 2.03. The van der Waals surface area contributed by atoms with Crippen LogP contribution in [-0.4, -0.2) is 28.3 Å². The highest BCUT2D eigenvalue weighted by molar-refractivity contribution is 6.30. The molecule has 96 valence electrons. The van der Waals surface area contributed by atoms with Crippen molar-refractivity contribution in [1.29, 1.82) is 0 Å². The maximum Gasteiger partial charge on any atom is 0.236 e. The highest BCUT2D eigenvalue weighted by Gasteiger charge is 2.11. The van der Waals surface area contributed by atoms with Gasteiger partial charge in [-0.05, 0) is 6.42 Å². The van der Waals surface area contributed by atoms with Crippen molar-refractivity contribution in [2.24, 2.45) is 5.73 Å². The smallest absolute Gasteiger partial charge is 0.236 e. The van der Waals surface area contributed by atoms with Crippen molar-refractivity contribution in [3.05, 3.63) is 17.4 Å². The molecule has 6 heteroatoms. The molecule has 0 radical (unpaired) electrons. The zero-order valence-electron chi connectivity index (χ0n) is 10.0. The summed E-state index contributed by atoms with van der Waals surface area (Å²) in [6.07, 6.45) is 6.03.